The highest BCUT2D eigenvalue weighted by Crippen LogP contribution is 2.29. The second kappa shape index (κ2) is 9.30. The largest absolute Gasteiger partial charge is 0.463 e. The Hall–Kier alpha value is -2.24. The van der Waals surface area contributed by atoms with Crippen molar-refractivity contribution >= 4 is 23.9 Å². The van der Waals surface area contributed by atoms with E-state index in [0.29, 0.717) is 0 Å². The van der Waals surface area contributed by atoms with Crippen LogP contribution in [0.1, 0.15) is 27.7 Å². The third kappa shape index (κ3) is 6.29. The van der Waals surface area contributed by atoms with Crippen LogP contribution in [0.2, 0.25) is 0 Å². The third-order valence-corrected chi connectivity index (χ3v) is 3.08. The van der Waals surface area contributed by atoms with E-state index in [1.165, 1.54) is 6.92 Å². The number of esters is 4. The van der Waals surface area contributed by atoms with Crippen LogP contribution in [0.3, 0.4) is 0 Å². The van der Waals surface area contributed by atoms with E-state index in [0.717, 1.165) is 20.8 Å². The number of hydrogen-bond acceptors (Lipinski definition) is 11. The molecular weight excluding hydrogens is 342 g/mol. The Kier molecular flexibility index (Phi) is 7.74. The normalized spacial score (nSPS) is 28.6. The number of ether oxygens (including phenoxy) is 5. The number of carbonyl (C=O) groups is 4. The third-order valence-electron chi connectivity index (χ3n) is 3.08. The van der Waals surface area contributed by atoms with Crippen molar-refractivity contribution in [2.24, 2.45) is 5.90 Å². The molecule has 11 heteroatoms. The number of hydrogen-bond donors (Lipinski definition) is 1. The molecule has 0 aliphatic carbocycles. The van der Waals surface area contributed by atoms with Gasteiger partial charge in [0.2, 0.25) is 6.29 Å². The summed E-state index contributed by atoms with van der Waals surface area (Å²) >= 11 is 0. The summed E-state index contributed by atoms with van der Waals surface area (Å²) in [6.07, 6.45) is -6.23. The van der Waals surface area contributed by atoms with Gasteiger partial charge in [0.1, 0.15) is 12.7 Å². The number of carbonyl (C=O) groups excluding carboxylic acids is 4. The van der Waals surface area contributed by atoms with Crippen molar-refractivity contribution in [3.63, 3.8) is 0 Å². The molecule has 1 saturated heterocycles. The molecule has 0 bridgehead atoms. The highest BCUT2D eigenvalue weighted by molar-refractivity contribution is 5.68. The summed E-state index contributed by atoms with van der Waals surface area (Å²) in [6.45, 7) is 4.19. The zero-order chi connectivity index (χ0) is 19.1. The van der Waals surface area contributed by atoms with E-state index in [2.05, 4.69) is 4.84 Å². The molecule has 0 aromatic heterocycles. The van der Waals surface area contributed by atoms with Crippen molar-refractivity contribution in [2.45, 2.75) is 58.4 Å². The minimum Gasteiger partial charge on any atom is -0.463 e. The Bertz CT molecular complexity index is 522. The fraction of sp³-hybridized carbons (Fsp3) is 0.714. The van der Waals surface area contributed by atoms with Crippen LogP contribution in [-0.2, 0) is 47.7 Å². The van der Waals surface area contributed by atoms with Gasteiger partial charge < -0.3 is 23.7 Å². The first-order valence-corrected chi connectivity index (χ1v) is 7.31. The van der Waals surface area contributed by atoms with E-state index < -0.39 is 54.6 Å². The maximum absolute atomic E-state index is 11.4. The quantitative estimate of drug-likeness (QED) is 0.350. The average molecular weight is 363 g/mol. The zero-order valence-corrected chi connectivity index (χ0v) is 14.3. The summed E-state index contributed by atoms with van der Waals surface area (Å²) in [4.78, 5) is 49.9. The van der Waals surface area contributed by atoms with Gasteiger partial charge in [0.25, 0.3) is 0 Å². The summed E-state index contributed by atoms with van der Waals surface area (Å²) in [6, 6.07) is 0. The van der Waals surface area contributed by atoms with Crippen molar-refractivity contribution < 1.29 is 47.7 Å². The molecule has 0 spiro atoms. The summed E-state index contributed by atoms with van der Waals surface area (Å²) in [7, 11) is 0. The molecule has 3 unspecified atom stereocenters. The van der Waals surface area contributed by atoms with Crippen molar-refractivity contribution in [1.82, 2.24) is 0 Å². The Labute approximate surface area is 143 Å². The molecule has 0 amide bonds. The van der Waals surface area contributed by atoms with Gasteiger partial charge in [0, 0.05) is 27.7 Å². The molecule has 11 nitrogen and oxygen atoms in total. The van der Waals surface area contributed by atoms with E-state index in [1.54, 1.807) is 0 Å². The van der Waals surface area contributed by atoms with Gasteiger partial charge in [-0.25, -0.2) is 5.90 Å². The van der Waals surface area contributed by atoms with E-state index in [-0.39, 0.29) is 6.61 Å². The molecule has 1 aliphatic rings. The van der Waals surface area contributed by atoms with Gasteiger partial charge in [-0.15, -0.1) is 0 Å². The van der Waals surface area contributed by atoms with Gasteiger partial charge >= 0.3 is 23.9 Å². The Balaban J connectivity index is 3.18. The summed E-state index contributed by atoms with van der Waals surface area (Å²) < 4.78 is 25.6. The molecule has 0 radical (unpaired) electrons. The minimum absolute atomic E-state index is 0.336. The highest BCUT2D eigenvalue weighted by Gasteiger charge is 2.52. The van der Waals surface area contributed by atoms with Gasteiger partial charge in [0.05, 0.1) is 0 Å². The minimum atomic E-state index is -1.35. The predicted molar refractivity (Wildman–Crippen MR) is 77.2 cm³/mol. The number of nitrogens with two attached hydrogens (primary N) is 1. The summed E-state index contributed by atoms with van der Waals surface area (Å²) in [5.74, 6) is 2.37. The van der Waals surface area contributed by atoms with Crippen LogP contribution >= 0.6 is 0 Å². The van der Waals surface area contributed by atoms with Crippen molar-refractivity contribution in [3.8, 4) is 0 Å². The monoisotopic (exact) mass is 363 g/mol. The second-order valence-electron chi connectivity index (χ2n) is 5.20. The van der Waals surface area contributed by atoms with E-state index in [4.69, 9.17) is 29.6 Å². The molecule has 1 fully saturated rings. The van der Waals surface area contributed by atoms with Crippen LogP contribution in [0.25, 0.3) is 0 Å². The molecule has 2 N–H and O–H groups in total. The topological polar surface area (TPSA) is 150 Å². The van der Waals surface area contributed by atoms with Gasteiger partial charge in [0.15, 0.2) is 18.3 Å². The van der Waals surface area contributed by atoms with Gasteiger partial charge in [-0.1, -0.05) is 0 Å². The lowest BCUT2D eigenvalue weighted by atomic mass is 9.98. The standard InChI is InChI=1S/C14H21NO10/c1-6(16)20-5-10-11(21-7(2)17)12(22-8(3)18)13(23-9(4)19)14(24-10)25-15/h10-14H,5,15H2,1-4H3/t10?,11-,12?,13?,14+/m1/s1. The van der Waals surface area contributed by atoms with Crippen LogP contribution in [0.15, 0.2) is 0 Å². The van der Waals surface area contributed by atoms with Crippen molar-refractivity contribution in [3.05, 3.63) is 0 Å². The van der Waals surface area contributed by atoms with Crippen LogP contribution in [0, 0.1) is 0 Å². The van der Waals surface area contributed by atoms with Crippen LogP contribution in [0.4, 0.5) is 0 Å². The molecule has 0 aromatic carbocycles. The van der Waals surface area contributed by atoms with Gasteiger partial charge in [-0.3, -0.25) is 24.0 Å². The molecule has 1 heterocycles. The van der Waals surface area contributed by atoms with Crippen molar-refractivity contribution in [1.29, 1.82) is 0 Å². The fourth-order valence-electron chi connectivity index (χ4n) is 2.30. The van der Waals surface area contributed by atoms with Crippen LogP contribution in [0.5, 0.6) is 0 Å². The smallest absolute Gasteiger partial charge is 0.303 e. The molecule has 1 rings (SSSR count). The summed E-state index contributed by atoms with van der Waals surface area (Å²) in [5.41, 5.74) is 0. The molecule has 25 heavy (non-hydrogen) atoms. The number of rotatable bonds is 6. The lowest BCUT2D eigenvalue weighted by molar-refractivity contribution is -0.309. The predicted octanol–water partition coefficient (Wildman–Crippen LogP) is -1.04. The maximum atomic E-state index is 11.4. The highest BCUT2D eigenvalue weighted by atomic mass is 16.8. The van der Waals surface area contributed by atoms with E-state index in [9.17, 15) is 19.2 Å². The maximum Gasteiger partial charge on any atom is 0.303 e. The lowest BCUT2D eigenvalue weighted by Gasteiger charge is -2.43. The molecular formula is C14H21NO10. The average Bonchev–Trinajstić information content (AvgIpc) is 2.48. The Morgan fingerprint density at radius 2 is 1.28 bits per heavy atom. The Morgan fingerprint density at radius 3 is 1.72 bits per heavy atom. The first-order chi connectivity index (χ1) is 11.6. The van der Waals surface area contributed by atoms with E-state index >= 15 is 0 Å². The van der Waals surface area contributed by atoms with Crippen LogP contribution in [-0.4, -0.2) is 61.2 Å². The molecule has 142 valence electrons. The van der Waals surface area contributed by atoms with Crippen LogP contribution < -0.4 is 5.90 Å². The SMILES string of the molecule is CC(=O)OCC1O[C@@H](ON)C(OC(C)=O)C(OC(C)=O)[C@@H]1OC(C)=O. The first-order valence-electron chi connectivity index (χ1n) is 7.31. The molecule has 0 saturated carbocycles. The Morgan fingerprint density at radius 1 is 0.800 bits per heavy atom. The molecule has 1 aliphatic heterocycles. The van der Waals surface area contributed by atoms with Crippen molar-refractivity contribution in [2.75, 3.05) is 6.61 Å². The van der Waals surface area contributed by atoms with Gasteiger partial charge in [-0.2, -0.15) is 0 Å². The zero-order valence-electron chi connectivity index (χ0n) is 14.3. The molecule has 5 atom stereocenters. The second-order valence-corrected chi connectivity index (χ2v) is 5.20. The first kappa shape index (κ1) is 20.8. The van der Waals surface area contributed by atoms with Gasteiger partial charge in [-0.05, 0) is 0 Å². The summed E-state index contributed by atoms with van der Waals surface area (Å²) in [5, 5.41) is 0. The fourth-order valence-corrected chi connectivity index (χ4v) is 2.30. The lowest BCUT2D eigenvalue weighted by Crippen LogP contribution is -2.63. The molecule has 0 aromatic rings. The van der Waals surface area contributed by atoms with E-state index in [1.807, 2.05) is 0 Å².